The third kappa shape index (κ3) is 3.46. The average Bonchev–Trinajstić information content (AvgIpc) is 3.27. The van der Waals surface area contributed by atoms with Gasteiger partial charge >= 0.3 is 0 Å². The molecule has 1 aromatic heterocycles. The smallest absolute Gasteiger partial charge is 0.254 e. The van der Waals surface area contributed by atoms with Crippen molar-refractivity contribution in [2.45, 2.75) is 39.2 Å². The van der Waals surface area contributed by atoms with Crippen molar-refractivity contribution in [2.24, 2.45) is 5.41 Å². The van der Waals surface area contributed by atoms with Gasteiger partial charge in [-0.1, -0.05) is 6.07 Å². The van der Waals surface area contributed by atoms with Gasteiger partial charge in [0.2, 0.25) is 5.91 Å². The lowest BCUT2D eigenvalue weighted by Crippen LogP contribution is -2.64. The Hall–Kier alpha value is -2.60. The summed E-state index contributed by atoms with van der Waals surface area (Å²) in [4.78, 5) is 29.2. The van der Waals surface area contributed by atoms with Crippen LogP contribution in [0.5, 0.6) is 0 Å². The predicted molar refractivity (Wildman–Crippen MR) is 111 cm³/mol. The first kappa shape index (κ1) is 19.7. The SMILES string of the molecule is CC(=O)N1CC[C@H]2N(C(=O)c3ccc(C)c(-n4cccc4)c3)CCC[C@]2(CO)C1. The minimum Gasteiger partial charge on any atom is -0.396 e. The number of fused-ring (bicyclic) bond motifs is 1. The van der Waals surface area contributed by atoms with Crippen molar-refractivity contribution in [3.05, 3.63) is 53.9 Å². The summed E-state index contributed by atoms with van der Waals surface area (Å²) >= 11 is 0. The molecule has 1 aromatic carbocycles. The molecular weight excluding hydrogens is 366 g/mol. The molecule has 4 rings (SSSR count). The molecule has 2 atom stereocenters. The van der Waals surface area contributed by atoms with E-state index in [2.05, 4.69) is 0 Å². The molecule has 2 fully saturated rings. The van der Waals surface area contributed by atoms with Crippen LogP contribution in [0.3, 0.4) is 0 Å². The van der Waals surface area contributed by atoms with E-state index in [1.54, 1.807) is 6.92 Å². The Labute approximate surface area is 171 Å². The molecule has 2 saturated heterocycles. The number of piperidine rings is 2. The number of carbonyl (C=O) groups is 2. The quantitative estimate of drug-likeness (QED) is 0.869. The lowest BCUT2D eigenvalue weighted by molar-refractivity contribution is -0.138. The van der Waals surface area contributed by atoms with Gasteiger partial charge in [0, 0.05) is 61.7 Å². The van der Waals surface area contributed by atoms with E-state index in [-0.39, 0.29) is 24.5 Å². The number of rotatable bonds is 3. The zero-order valence-corrected chi connectivity index (χ0v) is 17.2. The second-order valence-corrected chi connectivity index (χ2v) is 8.46. The summed E-state index contributed by atoms with van der Waals surface area (Å²) in [5.41, 5.74) is 2.35. The summed E-state index contributed by atoms with van der Waals surface area (Å²) in [6, 6.07) is 9.74. The largest absolute Gasteiger partial charge is 0.396 e. The van der Waals surface area contributed by atoms with Crippen LogP contribution in [0, 0.1) is 12.3 Å². The van der Waals surface area contributed by atoms with E-state index >= 15 is 0 Å². The lowest BCUT2D eigenvalue weighted by atomic mass is 9.69. The number of hydrogen-bond donors (Lipinski definition) is 1. The van der Waals surface area contributed by atoms with Gasteiger partial charge in [0.05, 0.1) is 6.61 Å². The molecule has 0 aliphatic carbocycles. The molecule has 6 nitrogen and oxygen atoms in total. The van der Waals surface area contributed by atoms with Crippen LogP contribution in [0.2, 0.25) is 0 Å². The predicted octanol–water partition coefficient (Wildman–Crippen LogP) is 2.62. The van der Waals surface area contributed by atoms with Gasteiger partial charge in [-0.15, -0.1) is 0 Å². The third-order valence-corrected chi connectivity index (χ3v) is 6.69. The van der Waals surface area contributed by atoms with E-state index in [9.17, 15) is 14.7 Å². The molecular formula is C23H29N3O3. The van der Waals surface area contributed by atoms with Crippen molar-refractivity contribution in [2.75, 3.05) is 26.2 Å². The number of aliphatic hydroxyl groups excluding tert-OH is 1. The molecule has 2 aliphatic rings. The standard InChI is InChI=1S/C23H29N3O3/c1-17-6-7-19(14-20(17)24-10-3-4-11-24)22(29)26-12-5-9-23(16-27)15-25(18(2)28)13-8-21(23)26/h3-4,6-7,10-11,14,21,27H,5,8-9,12-13,15-16H2,1-2H3/t21-,23-/m1/s1. The first-order valence-electron chi connectivity index (χ1n) is 10.4. The van der Waals surface area contributed by atoms with Gasteiger partial charge in [0.25, 0.3) is 5.91 Å². The highest BCUT2D eigenvalue weighted by atomic mass is 16.3. The highest BCUT2D eigenvalue weighted by Gasteiger charge is 2.49. The Morgan fingerprint density at radius 2 is 1.97 bits per heavy atom. The summed E-state index contributed by atoms with van der Waals surface area (Å²) in [6.45, 7) is 5.46. The Kier molecular flexibility index (Phi) is 5.21. The Morgan fingerprint density at radius 1 is 1.21 bits per heavy atom. The first-order chi connectivity index (χ1) is 13.9. The van der Waals surface area contributed by atoms with E-state index in [1.165, 1.54) is 0 Å². The molecule has 0 unspecified atom stereocenters. The van der Waals surface area contributed by atoms with E-state index in [1.807, 2.05) is 64.0 Å². The Bertz CT molecular complexity index is 908. The fraction of sp³-hybridized carbons (Fsp3) is 0.478. The maximum Gasteiger partial charge on any atom is 0.254 e. The molecule has 3 heterocycles. The van der Waals surface area contributed by atoms with Gasteiger partial charge < -0.3 is 19.5 Å². The number of aliphatic hydroxyl groups is 1. The van der Waals surface area contributed by atoms with Crippen LogP contribution in [0.15, 0.2) is 42.7 Å². The molecule has 0 radical (unpaired) electrons. The number of carbonyl (C=O) groups excluding carboxylic acids is 2. The van der Waals surface area contributed by atoms with Gasteiger partial charge in [-0.05, 0) is 56.0 Å². The zero-order chi connectivity index (χ0) is 20.6. The second-order valence-electron chi connectivity index (χ2n) is 8.46. The molecule has 0 bridgehead atoms. The van der Waals surface area contributed by atoms with E-state index in [0.717, 1.165) is 24.1 Å². The number of aromatic nitrogens is 1. The summed E-state index contributed by atoms with van der Waals surface area (Å²) < 4.78 is 2.02. The molecule has 154 valence electrons. The normalized spacial score (nSPS) is 24.3. The van der Waals surface area contributed by atoms with E-state index in [4.69, 9.17) is 0 Å². The van der Waals surface area contributed by atoms with Gasteiger partial charge in [-0.2, -0.15) is 0 Å². The van der Waals surface area contributed by atoms with E-state index in [0.29, 0.717) is 31.6 Å². The molecule has 1 N–H and O–H groups in total. The maximum absolute atomic E-state index is 13.5. The highest BCUT2D eigenvalue weighted by molar-refractivity contribution is 5.95. The third-order valence-electron chi connectivity index (χ3n) is 6.69. The van der Waals surface area contributed by atoms with Crippen molar-refractivity contribution in [1.82, 2.24) is 14.4 Å². The molecule has 2 aromatic rings. The molecule has 29 heavy (non-hydrogen) atoms. The van der Waals surface area contributed by atoms with Crippen LogP contribution in [0.25, 0.3) is 5.69 Å². The number of benzene rings is 1. The topological polar surface area (TPSA) is 65.8 Å². The molecule has 2 aliphatic heterocycles. The summed E-state index contributed by atoms with van der Waals surface area (Å²) in [5.74, 6) is 0.0480. The van der Waals surface area contributed by atoms with Gasteiger partial charge in [0.15, 0.2) is 0 Å². The Morgan fingerprint density at radius 3 is 2.66 bits per heavy atom. The number of nitrogens with zero attached hydrogens (tertiary/aromatic N) is 3. The van der Waals surface area contributed by atoms with Crippen LogP contribution in [0.1, 0.15) is 42.1 Å². The average molecular weight is 396 g/mol. The number of hydrogen-bond acceptors (Lipinski definition) is 3. The summed E-state index contributed by atoms with van der Waals surface area (Å²) in [6.07, 6.45) is 6.34. The first-order valence-corrected chi connectivity index (χ1v) is 10.4. The van der Waals surface area contributed by atoms with Crippen molar-refractivity contribution in [1.29, 1.82) is 0 Å². The Balaban J connectivity index is 1.64. The van der Waals surface area contributed by atoms with Crippen molar-refractivity contribution in [3.63, 3.8) is 0 Å². The fourth-order valence-electron chi connectivity index (χ4n) is 5.07. The molecule has 0 saturated carbocycles. The molecule has 2 amide bonds. The van der Waals surface area contributed by atoms with Gasteiger partial charge in [-0.25, -0.2) is 0 Å². The molecule has 6 heteroatoms. The van der Waals surface area contributed by atoms with E-state index < -0.39 is 5.41 Å². The highest BCUT2D eigenvalue weighted by Crippen LogP contribution is 2.42. The second kappa shape index (κ2) is 7.67. The van der Waals surface area contributed by atoms with Crippen molar-refractivity contribution >= 4 is 11.8 Å². The minimum absolute atomic E-state index is 0.00621. The van der Waals surface area contributed by atoms with Crippen molar-refractivity contribution in [3.8, 4) is 5.69 Å². The molecule has 0 spiro atoms. The van der Waals surface area contributed by atoms with Crippen LogP contribution in [-0.2, 0) is 4.79 Å². The summed E-state index contributed by atoms with van der Waals surface area (Å²) in [5, 5.41) is 10.3. The summed E-state index contributed by atoms with van der Waals surface area (Å²) in [7, 11) is 0. The number of aryl methyl sites for hydroxylation is 1. The monoisotopic (exact) mass is 395 g/mol. The number of likely N-dealkylation sites (tertiary alicyclic amines) is 2. The minimum atomic E-state index is -0.425. The fourth-order valence-corrected chi connectivity index (χ4v) is 5.07. The van der Waals surface area contributed by atoms with Crippen LogP contribution in [0.4, 0.5) is 0 Å². The van der Waals surface area contributed by atoms with Gasteiger partial charge in [0.1, 0.15) is 0 Å². The number of amides is 2. The van der Waals surface area contributed by atoms with Crippen LogP contribution >= 0.6 is 0 Å². The lowest BCUT2D eigenvalue weighted by Gasteiger charge is -2.54. The maximum atomic E-state index is 13.5. The van der Waals surface area contributed by atoms with Crippen LogP contribution in [-0.4, -0.2) is 63.6 Å². The zero-order valence-electron chi connectivity index (χ0n) is 17.2. The van der Waals surface area contributed by atoms with Gasteiger partial charge in [-0.3, -0.25) is 9.59 Å². The van der Waals surface area contributed by atoms with Crippen LogP contribution < -0.4 is 0 Å². The van der Waals surface area contributed by atoms with Crippen molar-refractivity contribution < 1.29 is 14.7 Å².